The summed E-state index contributed by atoms with van der Waals surface area (Å²) >= 11 is 1.97. The van der Waals surface area contributed by atoms with Crippen molar-refractivity contribution in [1.82, 2.24) is 9.80 Å². The predicted octanol–water partition coefficient (Wildman–Crippen LogP) is 2.85. The van der Waals surface area contributed by atoms with Gasteiger partial charge in [0.15, 0.2) is 0 Å². The average molecular weight is 405 g/mol. The first-order valence-electron chi connectivity index (χ1n) is 11.1. The minimum atomic E-state index is -0.558. The van der Waals surface area contributed by atoms with Crippen LogP contribution in [0, 0.1) is 11.8 Å². The highest BCUT2D eigenvalue weighted by Crippen LogP contribution is 2.53. The van der Waals surface area contributed by atoms with Crippen LogP contribution in [-0.2, 0) is 14.3 Å². The normalized spacial score (nSPS) is 38.7. The molecule has 1 aliphatic carbocycles. The SMILES string of the molecule is CN(C(=O)C1C2C(=O)N(C3CCCCCC3)C[C@@]23C=C[C@@H]1O3)C1CCSCC1. The van der Waals surface area contributed by atoms with E-state index in [0.29, 0.717) is 18.6 Å². The summed E-state index contributed by atoms with van der Waals surface area (Å²) in [6.45, 7) is 0.641. The zero-order chi connectivity index (χ0) is 19.3. The van der Waals surface area contributed by atoms with Gasteiger partial charge >= 0.3 is 0 Å². The zero-order valence-corrected chi connectivity index (χ0v) is 17.7. The maximum absolute atomic E-state index is 13.5. The Bertz CT molecular complexity index is 669. The molecule has 5 nitrogen and oxygen atoms in total. The van der Waals surface area contributed by atoms with Crippen LogP contribution >= 0.6 is 11.8 Å². The van der Waals surface area contributed by atoms with Crippen molar-refractivity contribution >= 4 is 23.6 Å². The Hall–Kier alpha value is -1.01. The Morgan fingerprint density at radius 3 is 2.61 bits per heavy atom. The Balaban J connectivity index is 1.37. The van der Waals surface area contributed by atoms with Crippen molar-refractivity contribution in [3.05, 3.63) is 12.2 Å². The molecule has 3 saturated heterocycles. The number of nitrogens with zero attached hydrogens (tertiary/aromatic N) is 2. The molecule has 2 bridgehead atoms. The summed E-state index contributed by atoms with van der Waals surface area (Å²) in [5.41, 5.74) is -0.558. The first-order valence-corrected chi connectivity index (χ1v) is 12.3. The van der Waals surface area contributed by atoms with Gasteiger partial charge in [-0.25, -0.2) is 0 Å². The highest BCUT2D eigenvalue weighted by Gasteiger charge is 2.67. The van der Waals surface area contributed by atoms with E-state index in [1.165, 1.54) is 25.7 Å². The summed E-state index contributed by atoms with van der Waals surface area (Å²) in [4.78, 5) is 31.1. The fourth-order valence-electron chi connectivity index (χ4n) is 6.18. The lowest BCUT2D eigenvalue weighted by atomic mass is 9.76. The molecule has 28 heavy (non-hydrogen) atoms. The summed E-state index contributed by atoms with van der Waals surface area (Å²) < 4.78 is 6.35. The monoisotopic (exact) mass is 404 g/mol. The van der Waals surface area contributed by atoms with E-state index in [4.69, 9.17) is 4.74 Å². The number of likely N-dealkylation sites (tertiary alicyclic amines) is 1. The molecule has 4 fully saturated rings. The Morgan fingerprint density at radius 2 is 1.89 bits per heavy atom. The van der Waals surface area contributed by atoms with Crippen LogP contribution in [0.5, 0.6) is 0 Å². The molecule has 4 heterocycles. The molecule has 154 valence electrons. The molecule has 5 aliphatic rings. The van der Waals surface area contributed by atoms with Crippen LogP contribution in [0.1, 0.15) is 51.4 Å². The minimum absolute atomic E-state index is 0.120. The van der Waals surface area contributed by atoms with Gasteiger partial charge in [0, 0.05) is 19.1 Å². The highest BCUT2D eigenvalue weighted by molar-refractivity contribution is 7.99. The van der Waals surface area contributed by atoms with Gasteiger partial charge in [0.1, 0.15) is 5.60 Å². The van der Waals surface area contributed by atoms with Crippen molar-refractivity contribution in [1.29, 1.82) is 0 Å². The second-order valence-electron chi connectivity index (χ2n) is 9.30. The van der Waals surface area contributed by atoms with Gasteiger partial charge in [0.05, 0.1) is 24.5 Å². The Kier molecular flexibility index (Phi) is 4.98. The lowest BCUT2D eigenvalue weighted by Gasteiger charge is -2.35. The van der Waals surface area contributed by atoms with Gasteiger partial charge in [-0.15, -0.1) is 0 Å². The van der Waals surface area contributed by atoms with E-state index in [-0.39, 0.29) is 29.8 Å². The molecule has 2 unspecified atom stereocenters. The smallest absolute Gasteiger partial charge is 0.230 e. The van der Waals surface area contributed by atoms with E-state index in [1.807, 2.05) is 29.8 Å². The number of amides is 2. The van der Waals surface area contributed by atoms with Gasteiger partial charge in [-0.05, 0) is 37.2 Å². The molecule has 1 spiro atoms. The molecule has 4 aliphatic heterocycles. The van der Waals surface area contributed by atoms with Crippen molar-refractivity contribution in [3.8, 4) is 0 Å². The van der Waals surface area contributed by atoms with Crippen molar-refractivity contribution in [2.75, 3.05) is 25.1 Å². The third kappa shape index (κ3) is 2.94. The van der Waals surface area contributed by atoms with Crippen LogP contribution in [0.2, 0.25) is 0 Å². The van der Waals surface area contributed by atoms with Gasteiger partial charge in [-0.1, -0.05) is 37.8 Å². The quantitative estimate of drug-likeness (QED) is 0.536. The zero-order valence-electron chi connectivity index (χ0n) is 16.8. The highest BCUT2D eigenvalue weighted by atomic mass is 32.2. The summed E-state index contributed by atoms with van der Waals surface area (Å²) in [5, 5.41) is 0. The minimum Gasteiger partial charge on any atom is -0.360 e. The molecule has 1 saturated carbocycles. The molecule has 0 radical (unpaired) electrons. The van der Waals surface area contributed by atoms with Crippen LogP contribution < -0.4 is 0 Å². The largest absolute Gasteiger partial charge is 0.360 e. The third-order valence-electron chi connectivity index (χ3n) is 7.77. The Morgan fingerprint density at radius 1 is 1.18 bits per heavy atom. The van der Waals surface area contributed by atoms with E-state index in [1.54, 1.807) is 0 Å². The Labute approximate surface area is 172 Å². The van der Waals surface area contributed by atoms with Gasteiger partial charge in [0.25, 0.3) is 0 Å². The van der Waals surface area contributed by atoms with E-state index in [2.05, 4.69) is 11.0 Å². The predicted molar refractivity (Wildman–Crippen MR) is 110 cm³/mol. The van der Waals surface area contributed by atoms with E-state index in [9.17, 15) is 9.59 Å². The molecule has 0 aromatic rings. The molecule has 0 aromatic carbocycles. The van der Waals surface area contributed by atoms with Gasteiger partial charge in [0.2, 0.25) is 11.8 Å². The fourth-order valence-corrected chi connectivity index (χ4v) is 7.26. The molecule has 4 atom stereocenters. The number of fused-ring (bicyclic) bond motifs is 1. The maximum atomic E-state index is 13.5. The molecular formula is C22H32N2O3S. The third-order valence-corrected chi connectivity index (χ3v) is 8.82. The van der Waals surface area contributed by atoms with Crippen molar-refractivity contribution in [3.63, 3.8) is 0 Å². The molecule has 5 rings (SSSR count). The summed E-state index contributed by atoms with van der Waals surface area (Å²) in [7, 11) is 1.94. The number of carbonyl (C=O) groups excluding carboxylic acids is 2. The van der Waals surface area contributed by atoms with Gasteiger partial charge in [-0.3, -0.25) is 9.59 Å². The van der Waals surface area contributed by atoms with E-state index < -0.39 is 5.60 Å². The number of hydrogen-bond donors (Lipinski definition) is 0. The molecule has 0 N–H and O–H groups in total. The summed E-state index contributed by atoms with van der Waals surface area (Å²) in [5.74, 6) is 1.87. The molecule has 2 amide bonds. The van der Waals surface area contributed by atoms with Crippen molar-refractivity contribution < 1.29 is 14.3 Å². The summed E-state index contributed by atoms with van der Waals surface area (Å²) in [6, 6.07) is 0.636. The molecule has 0 aromatic heterocycles. The van der Waals surface area contributed by atoms with Crippen LogP contribution in [0.3, 0.4) is 0 Å². The number of hydrogen-bond acceptors (Lipinski definition) is 4. The maximum Gasteiger partial charge on any atom is 0.230 e. The van der Waals surface area contributed by atoms with E-state index in [0.717, 1.165) is 37.2 Å². The lowest BCUT2D eigenvalue weighted by Crippen LogP contribution is -2.49. The fraction of sp³-hybridized carbons (Fsp3) is 0.818. The number of rotatable bonds is 3. The first kappa shape index (κ1) is 19.0. The number of carbonyl (C=O) groups is 2. The summed E-state index contributed by atoms with van der Waals surface area (Å²) in [6.07, 6.45) is 13.2. The lowest BCUT2D eigenvalue weighted by molar-refractivity contribution is -0.144. The average Bonchev–Trinajstić information content (AvgIpc) is 3.27. The number of thioether (sulfide) groups is 1. The van der Waals surface area contributed by atoms with Crippen LogP contribution in [0.15, 0.2) is 12.2 Å². The van der Waals surface area contributed by atoms with Crippen molar-refractivity contribution in [2.24, 2.45) is 11.8 Å². The van der Waals surface area contributed by atoms with Crippen LogP contribution in [0.4, 0.5) is 0 Å². The van der Waals surface area contributed by atoms with Crippen molar-refractivity contribution in [2.45, 2.75) is 75.2 Å². The van der Waals surface area contributed by atoms with Crippen LogP contribution in [-0.4, -0.2) is 70.5 Å². The van der Waals surface area contributed by atoms with Gasteiger partial charge in [-0.2, -0.15) is 11.8 Å². The molecule has 6 heteroatoms. The second-order valence-corrected chi connectivity index (χ2v) is 10.5. The first-order chi connectivity index (χ1) is 13.6. The topological polar surface area (TPSA) is 49.9 Å². The van der Waals surface area contributed by atoms with Gasteiger partial charge < -0.3 is 14.5 Å². The number of ether oxygens (including phenoxy) is 1. The van der Waals surface area contributed by atoms with Crippen LogP contribution in [0.25, 0.3) is 0 Å². The standard InChI is InChI=1S/C22H32N2O3S/c1-23(15-9-12-28-13-10-15)20(25)18-17-8-11-22(27-17)14-24(21(26)19(18)22)16-6-4-2-3-5-7-16/h8,11,15-19H,2-7,9-10,12-14H2,1H3/t17-,18?,19?,22-/m0/s1. The molecular weight excluding hydrogens is 372 g/mol. The van der Waals surface area contributed by atoms with E-state index >= 15 is 0 Å². The second kappa shape index (κ2) is 7.35.